The molecule has 0 aliphatic carbocycles. The van der Waals surface area contributed by atoms with Gasteiger partial charge in [0.1, 0.15) is 18.7 Å². The lowest BCUT2D eigenvalue weighted by Gasteiger charge is -2.26. The molecule has 0 radical (unpaired) electrons. The molecule has 0 N–H and O–H groups in total. The monoisotopic (exact) mass is 555 g/mol. The first kappa shape index (κ1) is 23.6. The van der Waals surface area contributed by atoms with Crippen LogP contribution in [0.15, 0.2) is 79.4 Å². The summed E-state index contributed by atoms with van der Waals surface area (Å²) in [5.41, 5.74) is 4.82. The standard InChI is InChI=1S/C28H19Cl2N7O2/c1-16-23-24(17-4-3-11-31-13-17)25-26-33-22(14-38-21-9-7-18(29)8-10-21)35-36(26)15-32-27(25)39-28(23)37(34-16)20-6-2-5-19(30)12-20/h2-13,15,24H,14H2,1H3/t24-/m0/s1. The molecule has 1 atom stereocenters. The van der Waals surface area contributed by atoms with E-state index in [1.807, 2.05) is 49.5 Å². The molecule has 192 valence electrons. The molecule has 0 fully saturated rings. The molecule has 0 amide bonds. The number of hydrogen-bond acceptors (Lipinski definition) is 7. The molecular weight excluding hydrogens is 537 g/mol. The number of ether oxygens (including phenoxy) is 2. The third-order valence-electron chi connectivity index (χ3n) is 6.52. The van der Waals surface area contributed by atoms with Gasteiger partial charge in [0.25, 0.3) is 0 Å². The van der Waals surface area contributed by atoms with Crippen LogP contribution >= 0.6 is 23.2 Å². The number of aryl methyl sites for hydroxylation is 1. The summed E-state index contributed by atoms with van der Waals surface area (Å²) in [6, 6.07) is 18.5. The van der Waals surface area contributed by atoms with Crippen LogP contribution in [0.4, 0.5) is 0 Å². The summed E-state index contributed by atoms with van der Waals surface area (Å²) >= 11 is 12.3. The maximum absolute atomic E-state index is 6.43. The van der Waals surface area contributed by atoms with Crippen LogP contribution in [0.5, 0.6) is 17.5 Å². The highest BCUT2D eigenvalue weighted by atomic mass is 35.5. The lowest BCUT2D eigenvalue weighted by Crippen LogP contribution is -2.16. The number of hydrogen-bond donors (Lipinski definition) is 0. The zero-order valence-corrected chi connectivity index (χ0v) is 22.0. The Morgan fingerprint density at radius 3 is 2.64 bits per heavy atom. The number of fused-ring (bicyclic) bond motifs is 4. The molecule has 1 aliphatic rings. The minimum atomic E-state index is -0.296. The van der Waals surface area contributed by atoms with Crippen LogP contribution in [0.3, 0.4) is 0 Å². The van der Waals surface area contributed by atoms with E-state index in [0.29, 0.717) is 39.0 Å². The maximum atomic E-state index is 6.43. The molecular formula is C28H19Cl2N7O2. The molecule has 0 saturated carbocycles. The fourth-order valence-corrected chi connectivity index (χ4v) is 5.14. The summed E-state index contributed by atoms with van der Waals surface area (Å²) in [4.78, 5) is 13.8. The van der Waals surface area contributed by atoms with Gasteiger partial charge in [-0.25, -0.2) is 19.2 Å². The van der Waals surface area contributed by atoms with Crippen molar-refractivity contribution >= 4 is 28.8 Å². The number of aromatic nitrogens is 7. The minimum Gasteiger partial charge on any atom is -0.486 e. The molecule has 39 heavy (non-hydrogen) atoms. The van der Waals surface area contributed by atoms with Crippen molar-refractivity contribution in [1.82, 2.24) is 34.3 Å². The Morgan fingerprint density at radius 2 is 1.85 bits per heavy atom. The summed E-state index contributed by atoms with van der Waals surface area (Å²) in [6.07, 6.45) is 5.17. The Kier molecular flexibility index (Phi) is 5.68. The van der Waals surface area contributed by atoms with Crippen LogP contribution in [0.2, 0.25) is 10.0 Å². The second-order valence-corrected chi connectivity index (χ2v) is 9.89. The van der Waals surface area contributed by atoms with E-state index in [9.17, 15) is 0 Å². The van der Waals surface area contributed by atoms with E-state index >= 15 is 0 Å². The van der Waals surface area contributed by atoms with Crippen LogP contribution < -0.4 is 9.47 Å². The van der Waals surface area contributed by atoms with E-state index in [4.69, 9.17) is 42.8 Å². The van der Waals surface area contributed by atoms with Crippen molar-refractivity contribution in [2.24, 2.45) is 0 Å². The Morgan fingerprint density at radius 1 is 0.974 bits per heavy atom. The van der Waals surface area contributed by atoms with Crippen molar-refractivity contribution in [3.63, 3.8) is 0 Å². The Bertz CT molecular complexity index is 1840. The summed E-state index contributed by atoms with van der Waals surface area (Å²) < 4.78 is 15.7. The largest absolute Gasteiger partial charge is 0.486 e. The van der Waals surface area contributed by atoms with Gasteiger partial charge in [0.15, 0.2) is 11.5 Å². The van der Waals surface area contributed by atoms with Gasteiger partial charge in [0.2, 0.25) is 11.8 Å². The van der Waals surface area contributed by atoms with Crippen LogP contribution in [-0.4, -0.2) is 34.3 Å². The molecule has 0 spiro atoms. The Hall–Kier alpha value is -4.47. The molecule has 0 unspecified atom stereocenters. The van der Waals surface area contributed by atoms with E-state index in [-0.39, 0.29) is 12.5 Å². The predicted molar refractivity (Wildman–Crippen MR) is 145 cm³/mol. The molecule has 2 aromatic carbocycles. The second kappa shape index (κ2) is 9.37. The van der Waals surface area contributed by atoms with Crippen molar-refractivity contribution in [2.75, 3.05) is 0 Å². The molecule has 5 heterocycles. The number of pyridine rings is 1. The van der Waals surface area contributed by atoms with Gasteiger partial charge in [-0.05, 0) is 61.0 Å². The van der Waals surface area contributed by atoms with Gasteiger partial charge in [-0.3, -0.25) is 4.98 Å². The summed E-state index contributed by atoms with van der Waals surface area (Å²) in [7, 11) is 0. The van der Waals surface area contributed by atoms with Gasteiger partial charge < -0.3 is 9.47 Å². The van der Waals surface area contributed by atoms with Gasteiger partial charge >= 0.3 is 0 Å². The quantitative estimate of drug-likeness (QED) is 0.250. The lowest BCUT2D eigenvalue weighted by atomic mass is 9.85. The van der Waals surface area contributed by atoms with Gasteiger partial charge in [-0.2, -0.15) is 5.10 Å². The molecule has 9 nitrogen and oxygen atoms in total. The minimum absolute atomic E-state index is 0.174. The number of benzene rings is 2. The summed E-state index contributed by atoms with van der Waals surface area (Å²) in [5, 5.41) is 10.7. The smallest absolute Gasteiger partial charge is 0.230 e. The van der Waals surface area contributed by atoms with Crippen molar-refractivity contribution in [3.05, 3.63) is 118 Å². The highest BCUT2D eigenvalue weighted by molar-refractivity contribution is 6.31. The Balaban J connectivity index is 1.36. The molecule has 11 heteroatoms. The average molecular weight is 556 g/mol. The highest BCUT2D eigenvalue weighted by Crippen LogP contribution is 2.49. The fourth-order valence-electron chi connectivity index (χ4n) is 4.83. The molecule has 0 saturated heterocycles. The number of rotatable bonds is 5. The predicted octanol–water partition coefficient (Wildman–Crippen LogP) is 6.19. The third kappa shape index (κ3) is 4.16. The molecule has 6 aromatic rings. The molecule has 7 rings (SSSR count). The lowest BCUT2D eigenvalue weighted by molar-refractivity contribution is 0.296. The van der Waals surface area contributed by atoms with Crippen LogP contribution in [0.25, 0.3) is 11.3 Å². The zero-order valence-electron chi connectivity index (χ0n) is 20.5. The van der Waals surface area contributed by atoms with Crippen LogP contribution in [0, 0.1) is 6.92 Å². The molecule has 0 bridgehead atoms. The number of nitrogens with zero attached hydrogens (tertiary/aromatic N) is 7. The number of halogens is 2. The van der Waals surface area contributed by atoms with Crippen molar-refractivity contribution < 1.29 is 9.47 Å². The molecule has 1 aliphatic heterocycles. The van der Waals surface area contributed by atoms with Crippen molar-refractivity contribution in [3.8, 4) is 23.2 Å². The first-order chi connectivity index (χ1) is 19.0. The van der Waals surface area contributed by atoms with E-state index < -0.39 is 0 Å². The van der Waals surface area contributed by atoms with E-state index in [2.05, 4.69) is 15.1 Å². The maximum Gasteiger partial charge on any atom is 0.230 e. The van der Waals surface area contributed by atoms with Crippen LogP contribution in [0.1, 0.15) is 34.1 Å². The van der Waals surface area contributed by atoms with E-state index in [1.165, 1.54) is 0 Å². The van der Waals surface area contributed by atoms with E-state index in [0.717, 1.165) is 28.1 Å². The normalized spacial score (nSPS) is 14.1. The second-order valence-electron chi connectivity index (χ2n) is 9.02. The van der Waals surface area contributed by atoms with Gasteiger partial charge in [0, 0.05) is 22.4 Å². The summed E-state index contributed by atoms with van der Waals surface area (Å²) in [6.45, 7) is 2.13. The highest BCUT2D eigenvalue weighted by Gasteiger charge is 2.38. The van der Waals surface area contributed by atoms with Gasteiger partial charge in [-0.1, -0.05) is 35.3 Å². The SMILES string of the molecule is Cc1nn(-c2cccc(Cl)c2)c2c1[C@H](c1cccnc1)c1c(ncn3nc(COc4ccc(Cl)cc4)nc13)O2. The molecule has 4 aromatic heterocycles. The van der Waals surface area contributed by atoms with Crippen molar-refractivity contribution in [1.29, 1.82) is 0 Å². The fraction of sp³-hybridized carbons (Fsp3) is 0.107. The van der Waals surface area contributed by atoms with Crippen LogP contribution in [-0.2, 0) is 6.61 Å². The topological polar surface area (TPSA) is 92.3 Å². The van der Waals surface area contributed by atoms with Gasteiger partial charge in [-0.15, -0.1) is 5.10 Å². The first-order valence-electron chi connectivity index (χ1n) is 12.1. The van der Waals surface area contributed by atoms with Gasteiger partial charge in [0.05, 0.1) is 28.4 Å². The van der Waals surface area contributed by atoms with Crippen molar-refractivity contribution in [2.45, 2.75) is 19.4 Å². The first-order valence-corrected chi connectivity index (χ1v) is 12.9. The zero-order chi connectivity index (χ0) is 26.5. The summed E-state index contributed by atoms with van der Waals surface area (Å²) in [5.74, 6) is 1.87. The third-order valence-corrected chi connectivity index (χ3v) is 7.00. The average Bonchev–Trinajstić information content (AvgIpc) is 3.52. The Labute approximate surface area is 232 Å². The van der Waals surface area contributed by atoms with E-state index in [1.54, 1.807) is 46.0 Å².